The van der Waals surface area contributed by atoms with E-state index in [1.165, 1.54) is 17.5 Å². The van der Waals surface area contributed by atoms with Gasteiger partial charge in [-0.25, -0.2) is 0 Å². The van der Waals surface area contributed by atoms with Crippen LogP contribution in [0.15, 0.2) is 72.3 Å². The normalized spacial score (nSPS) is 14.0. The SMILES string of the molecule is C/C=C\C(C)=C/C.COc1cccc(CN2CCN(C(=O)c3ccc(NSC)cc3)CC2=O)c1. The van der Waals surface area contributed by atoms with Crippen molar-refractivity contribution in [3.63, 3.8) is 0 Å². The number of ether oxygens (including phenoxy) is 1. The van der Waals surface area contributed by atoms with Gasteiger partial charge in [-0.1, -0.05) is 47.9 Å². The van der Waals surface area contributed by atoms with E-state index in [2.05, 4.69) is 23.8 Å². The first kappa shape index (κ1) is 27.1. The van der Waals surface area contributed by atoms with Crippen molar-refractivity contribution in [1.82, 2.24) is 9.80 Å². The Morgan fingerprint density at radius 2 is 1.88 bits per heavy atom. The lowest BCUT2D eigenvalue weighted by Gasteiger charge is -2.34. The molecule has 0 saturated carbocycles. The molecule has 0 bridgehead atoms. The van der Waals surface area contributed by atoms with Crippen molar-refractivity contribution in [2.75, 3.05) is 37.7 Å². The van der Waals surface area contributed by atoms with Crippen LogP contribution in [0.3, 0.4) is 0 Å². The number of carbonyl (C=O) groups is 2. The number of rotatable bonds is 7. The highest BCUT2D eigenvalue weighted by molar-refractivity contribution is 7.99. The minimum Gasteiger partial charge on any atom is -0.497 e. The Morgan fingerprint density at radius 3 is 2.44 bits per heavy atom. The van der Waals surface area contributed by atoms with Crippen molar-refractivity contribution < 1.29 is 14.3 Å². The van der Waals surface area contributed by atoms with Gasteiger partial charge in [0.1, 0.15) is 12.3 Å². The zero-order chi connectivity index (χ0) is 24.9. The van der Waals surface area contributed by atoms with Gasteiger partial charge in [0.15, 0.2) is 0 Å². The molecule has 2 amide bonds. The maximum Gasteiger partial charge on any atom is 0.254 e. The highest BCUT2D eigenvalue weighted by atomic mass is 32.2. The molecule has 0 radical (unpaired) electrons. The second-order valence-corrected chi connectivity index (χ2v) is 8.42. The molecule has 0 aromatic heterocycles. The van der Waals surface area contributed by atoms with E-state index >= 15 is 0 Å². The maximum absolute atomic E-state index is 12.7. The zero-order valence-electron chi connectivity index (χ0n) is 20.7. The average molecular weight is 482 g/mol. The van der Waals surface area contributed by atoms with E-state index < -0.39 is 0 Å². The van der Waals surface area contributed by atoms with Crippen molar-refractivity contribution in [1.29, 1.82) is 0 Å². The summed E-state index contributed by atoms with van der Waals surface area (Å²) in [6.07, 6.45) is 8.14. The maximum atomic E-state index is 12.7. The molecule has 0 spiro atoms. The Hall–Kier alpha value is -3.19. The standard InChI is InChI=1S/C20H23N3O3S.C7H12/c1-26-18-5-3-4-15(12-18)13-22-10-11-23(14-19(22)24)20(25)16-6-8-17(9-7-16)21-27-2;1-4-6-7(3)5-2/h3-9,12,21H,10-11,13-14H2,1-2H3;4-6H,1-3H3/b;6-4-,7-5-. The van der Waals surface area contributed by atoms with Crippen molar-refractivity contribution in [2.24, 2.45) is 0 Å². The van der Waals surface area contributed by atoms with Crippen LogP contribution in [0.2, 0.25) is 0 Å². The molecular weight excluding hydrogens is 446 g/mol. The number of hydrogen-bond acceptors (Lipinski definition) is 5. The molecule has 6 nitrogen and oxygen atoms in total. The quantitative estimate of drug-likeness (QED) is 0.424. The van der Waals surface area contributed by atoms with Gasteiger partial charge in [-0.3, -0.25) is 9.59 Å². The molecule has 1 N–H and O–H groups in total. The monoisotopic (exact) mass is 481 g/mol. The van der Waals surface area contributed by atoms with Gasteiger partial charge in [-0.15, -0.1) is 0 Å². The van der Waals surface area contributed by atoms with Gasteiger partial charge in [0.05, 0.1) is 7.11 Å². The zero-order valence-corrected chi connectivity index (χ0v) is 21.5. The van der Waals surface area contributed by atoms with E-state index in [9.17, 15) is 9.59 Å². The molecule has 2 aromatic carbocycles. The number of amides is 2. The van der Waals surface area contributed by atoms with Crippen LogP contribution >= 0.6 is 11.9 Å². The van der Waals surface area contributed by atoms with Crippen molar-refractivity contribution in [2.45, 2.75) is 27.3 Å². The lowest BCUT2D eigenvalue weighted by atomic mass is 10.1. The van der Waals surface area contributed by atoms with Crippen LogP contribution in [-0.2, 0) is 11.3 Å². The van der Waals surface area contributed by atoms with Crippen LogP contribution in [0.25, 0.3) is 0 Å². The molecule has 0 unspecified atom stereocenters. The number of allylic oxidation sites excluding steroid dienone is 4. The molecular formula is C27H35N3O3S. The lowest BCUT2D eigenvalue weighted by molar-refractivity contribution is -0.135. The predicted molar refractivity (Wildman–Crippen MR) is 142 cm³/mol. The van der Waals surface area contributed by atoms with E-state index in [0.717, 1.165) is 17.0 Å². The number of benzene rings is 2. The topological polar surface area (TPSA) is 61.9 Å². The van der Waals surface area contributed by atoms with Crippen LogP contribution in [0.5, 0.6) is 5.75 Å². The summed E-state index contributed by atoms with van der Waals surface area (Å²) < 4.78 is 8.35. The predicted octanol–water partition coefficient (Wildman–Crippen LogP) is 5.40. The number of methoxy groups -OCH3 is 1. The summed E-state index contributed by atoms with van der Waals surface area (Å²) in [5.41, 5.74) is 3.87. The molecule has 1 aliphatic heterocycles. The van der Waals surface area contributed by atoms with Gasteiger partial charge < -0.3 is 19.3 Å². The largest absolute Gasteiger partial charge is 0.497 e. The first-order valence-corrected chi connectivity index (χ1v) is 12.5. The molecule has 3 rings (SSSR count). The van der Waals surface area contributed by atoms with Crippen LogP contribution in [0.4, 0.5) is 5.69 Å². The number of carbonyl (C=O) groups excluding carboxylic acids is 2. The van der Waals surface area contributed by atoms with Crippen LogP contribution < -0.4 is 9.46 Å². The highest BCUT2D eigenvalue weighted by Crippen LogP contribution is 2.18. The molecule has 34 heavy (non-hydrogen) atoms. The summed E-state index contributed by atoms with van der Waals surface area (Å²) in [6.45, 7) is 7.82. The Balaban J connectivity index is 0.000000509. The van der Waals surface area contributed by atoms with Crippen molar-refractivity contribution in [3.05, 3.63) is 83.5 Å². The summed E-state index contributed by atoms with van der Waals surface area (Å²) in [6, 6.07) is 15.0. The van der Waals surface area contributed by atoms with E-state index in [0.29, 0.717) is 25.2 Å². The molecule has 1 fully saturated rings. The average Bonchev–Trinajstić information content (AvgIpc) is 2.86. The minimum atomic E-state index is -0.111. The van der Waals surface area contributed by atoms with Crippen LogP contribution in [-0.4, -0.2) is 54.6 Å². The van der Waals surface area contributed by atoms with E-state index in [4.69, 9.17) is 4.74 Å². The smallest absolute Gasteiger partial charge is 0.254 e. The summed E-state index contributed by atoms with van der Waals surface area (Å²) >= 11 is 1.50. The fraction of sp³-hybridized carbons (Fsp3) is 0.333. The van der Waals surface area contributed by atoms with Crippen LogP contribution in [0, 0.1) is 0 Å². The number of piperazine rings is 1. The van der Waals surface area contributed by atoms with Gasteiger partial charge in [-0.05, 0) is 62.7 Å². The summed E-state index contributed by atoms with van der Waals surface area (Å²) in [4.78, 5) is 28.6. The Bertz CT molecular complexity index is 1000. The third-order valence-electron chi connectivity index (χ3n) is 5.35. The number of anilines is 1. The van der Waals surface area contributed by atoms with Crippen molar-refractivity contribution in [3.8, 4) is 5.75 Å². The van der Waals surface area contributed by atoms with Gasteiger partial charge in [-0.2, -0.15) is 0 Å². The third kappa shape index (κ3) is 8.30. The first-order chi connectivity index (χ1) is 16.4. The van der Waals surface area contributed by atoms with E-state index in [-0.39, 0.29) is 18.4 Å². The second kappa shape index (κ2) is 14.2. The van der Waals surface area contributed by atoms with E-state index in [1.54, 1.807) is 29.0 Å². The first-order valence-electron chi connectivity index (χ1n) is 11.3. The highest BCUT2D eigenvalue weighted by Gasteiger charge is 2.27. The molecule has 1 saturated heterocycles. The van der Waals surface area contributed by atoms with Crippen molar-refractivity contribution >= 4 is 29.4 Å². The molecule has 182 valence electrons. The van der Waals surface area contributed by atoms with Crippen LogP contribution in [0.1, 0.15) is 36.7 Å². The Labute approximate surface area is 207 Å². The van der Waals surface area contributed by atoms with Gasteiger partial charge in [0, 0.05) is 37.1 Å². The van der Waals surface area contributed by atoms with E-state index in [1.807, 2.05) is 62.6 Å². The Kier molecular flexibility index (Phi) is 11.3. The number of nitrogens with zero attached hydrogens (tertiary/aromatic N) is 2. The summed E-state index contributed by atoms with van der Waals surface area (Å²) in [7, 11) is 1.62. The fourth-order valence-corrected chi connectivity index (χ4v) is 3.75. The van der Waals surface area contributed by atoms with Gasteiger partial charge >= 0.3 is 0 Å². The van der Waals surface area contributed by atoms with Gasteiger partial charge in [0.2, 0.25) is 5.91 Å². The summed E-state index contributed by atoms with van der Waals surface area (Å²) in [5, 5.41) is 0. The molecule has 0 atom stereocenters. The molecule has 0 aliphatic carbocycles. The molecule has 1 aliphatic rings. The summed E-state index contributed by atoms with van der Waals surface area (Å²) in [5.74, 6) is 0.617. The minimum absolute atomic E-state index is 0.0434. The number of hydrogen-bond donors (Lipinski definition) is 1. The molecule has 1 heterocycles. The van der Waals surface area contributed by atoms with Gasteiger partial charge in [0.25, 0.3) is 5.91 Å². The Morgan fingerprint density at radius 1 is 1.15 bits per heavy atom. The molecule has 7 heteroatoms. The third-order valence-corrected chi connectivity index (χ3v) is 5.79. The lowest BCUT2D eigenvalue weighted by Crippen LogP contribution is -2.51. The molecule has 2 aromatic rings. The second-order valence-electron chi connectivity index (χ2n) is 7.81. The fourth-order valence-electron chi connectivity index (χ4n) is 3.38. The number of nitrogens with one attached hydrogen (secondary N) is 1.